The third-order valence-corrected chi connectivity index (χ3v) is 5.38. The zero-order valence-corrected chi connectivity index (χ0v) is 14.6. The first-order chi connectivity index (χ1) is 12.0. The van der Waals surface area contributed by atoms with Crippen LogP contribution in [-0.2, 0) is 16.0 Å². The van der Waals surface area contributed by atoms with E-state index < -0.39 is 11.6 Å². The highest BCUT2D eigenvalue weighted by atomic mass is 16.2. The lowest BCUT2D eigenvalue weighted by Crippen LogP contribution is -2.54. The van der Waals surface area contributed by atoms with E-state index in [2.05, 4.69) is 10.6 Å². The standard InChI is InChI=1S/C19H25N3O3/c1-14-7-5-6-11-19(14)17(24)22(18(25)21-19)13-16(23)20-12-10-15-8-3-2-4-9-15/h2-4,8-9,14H,5-7,10-13H2,1H3,(H,20,23)(H,21,25)/t14-,19+/m0/s1. The van der Waals surface area contributed by atoms with Crippen LogP contribution in [0.5, 0.6) is 0 Å². The molecule has 1 saturated carbocycles. The number of hydrogen-bond donors (Lipinski definition) is 2. The zero-order valence-electron chi connectivity index (χ0n) is 14.6. The van der Waals surface area contributed by atoms with Crippen molar-refractivity contribution < 1.29 is 14.4 Å². The summed E-state index contributed by atoms with van der Waals surface area (Å²) in [4.78, 5) is 38.3. The van der Waals surface area contributed by atoms with E-state index in [1.165, 1.54) is 0 Å². The molecule has 0 aromatic heterocycles. The van der Waals surface area contributed by atoms with Crippen LogP contribution >= 0.6 is 0 Å². The lowest BCUT2D eigenvalue weighted by molar-refractivity contribution is -0.137. The first-order valence-electron chi connectivity index (χ1n) is 8.97. The van der Waals surface area contributed by atoms with Crippen LogP contribution in [0, 0.1) is 5.92 Å². The van der Waals surface area contributed by atoms with Gasteiger partial charge in [0.2, 0.25) is 5.91 Å². The Morgan fingerprint density at radius 2 is 2.04 bits per heavy atom. The lowest BCUT2D eigenvalue weighted by atomic mass is 9.73. The minimum Gasteiger partial charge on any atom is -0.354 e. The number of carbonyl (C=O) groups is 3. The van der Waals surface area contributed by atoms with Crippen molar-refractivity contribution in [3.05, 3.63) is 35.9 Å². The molecule has 1 aromatic carbocycles. The Kier molecular flexibility index (Phi) is 5.06. The molecule has 25 heavy (non-hydrogen) atoms. The van der Waals surface area contributed by atoms with Gasteiger partial charge in [-0.2, -0.15) is 0 Å². The van der Waals surface area contributed by atoms with Crippen LogP contribution in [-0.4, -0.2) is 41.4 Å². The Morgan fingerprint density at radius 3 is 2.76 bits per heavy atom. The molecule has 1 spiro atoms. The van der Waals surface area contributed by atoms with Gasteiger partial charge >= 0.3 is 6.03 Å². The molecule has 6 nitrogen and oxygen atoms in total. The number of benzene rings is 1. The largest absolute Gasteiger partial charge is 0.354 e. The third-order valence-electron chi connectivity index (χ3n) is 5.38. The highest BCUT2D eigenvalue weighted by Gasteiger charge is 2.55. The van der Waals surface area contributed by atoms with E-state index in [1.54, 1.807) is 0 Å². The van der Waals surface area contributed by atoms with Gasteiger partial charge in [-0.1, -0.05) is 50.1 Å². The summed E-state index contributed by atoms with van der Waals surface area (Å²) in [6, 6.07) is 9.40. The monoisotopic (exact) mass is 343 g/mol. The zero-order chi connectivity index (χ0) is 17.9. The predicted octanol–water partition coefficient (Wildman–Crippen LogP) is 1.85. The summed E-state index contributed by atoms with van der Waals surface area (Å²) >= 11 is 0. The molecule has 1 heterocycles. The van der Waals surface area contributed by atoms with E-state index in [0.717, 1.165) is 29.7 Å². The van der Waals surface area contributed by atoms with Gasteiger partial charge in [0.05, 0.1) is 0 Å². The Morgan fingerprint density at radius 1 is 1.28 bits per heavy atom. The molecule has 134 valence electrons. The fourth-order valence-corrected chi connectivity index (χ4v) is 3.83. The molecule has 2 N–H and O–H groups in total. The summed E-state index contributed by atoms with van der Waals surface area (Å²) in [5.41, 5.74) is 0.326. The van der Waals surface area contributed by atoms with Gasteiger partial charge in [0.25, 0.3) is 5.91 Å². The topological polar surface area (TPSA) is 78.5 Å². The van der Waals surface area contributed by atoms with Gasteiger partial charge in [-0.25, -0.2) is 4.79 Å². The maximum absolute atomic E-state index is 12.8. The molecular formula is C19H25N3O3. The van der Waals surface area contributed by atoms with E-state index >= 15 is 0 Å². The van der Waals surface area contributed by atoms with Crippen molar-refractivity contribution in [2.24, 2.45) is 5.92 Å². The second-order valence-electron chi connectivity index (χ2n) is 7.03. The summed E-state index contributed by atoms with van der Waals surface area (Å²) in [6.07, 6.45) is 4.29. The fraction of sp³-hybridized carbons (Fsp3) is 0.526. The van der Waals surface area contributed by atoms with Crippen LogP contribution in [0.3, 0.4) is 0 Å². The first-order valence-corrected chi connectivity index (χ1v) is 8.97. The second kappa shape index (κ2) is 7.25. The number of imide groups is 1. The van der Waals surface area contributed by atoms with E-state index in [9.17, 15) is 14.4 Å². The van der Waals surface area contributed by atoms with Gasteiger partial charge in [-0.05, 0) is 30.7 Å². The average Bonchev–Trinajstić information content (AvgIpc) is 2.84. The molecule has 0 bridgehead atoms. The smallest absolute Gasteiger partial charge is 0.325 e. The van der Waals surface area contributed by atoms with Crippen LogP contribution in [0.2, 0.25) is 0 Å². The SMILES string of the molecule is C[C@H]1CCCC[C@@]12NC(=O)N(CC(=O)NCCc1ccccc1)C2=O. The number of nitrogens with one attached hydrogen (secondary N) is 2. The van der Waals surface area contributed by atoms with Crippen molar-refractivity contribution in [3.63, 3.8) is 0 Å². The molecule has 3 rings (SSSR count). The summed E-state index contributed by atoms with van der Waals surface area (Å²) < 4.78 is 0. The number of nitrogens with zero attached hydrogens (tertiary/aromatic N) is 1. The maximum Gasteiger partial charge on any atom is 0.325 e. The second-order valence-corrected chi connectivity index (χ2v) is 7.03. The van der Waals surface area contributed by atoms with Crippen LogP contribution in [0.4, 0.5) is 4.79 Å². The van der Waals surface area contributed by atoms with Crippen LogP contribution < -0.4 is 10.6 Å². The number of amides is 4. The van der Waals surface area contributed by atoms with Crippen LogP contribution in [0.1, 0.15) is 38.2 Å². The summed E-state index contributed by atoms with van der Waals surface area (Å²) in [7, 11) is 0. The minimum absolute atomic E-state index is 0.101. The Balaban J connectivity index is 1.54. The van der Waals surface area contributed by atoms with E-state index in [4.69, 9.17) is 0 Å². The Labute approximate surface area is 148 Å². The van der Waals surface area contributed by atoms with Crippen LogP contribution in [0.15, 0.2) is 30.3 Å². The number of carbonyl (C=O) groups excluding carboxylic acids is 3. The Bertz CT molecular complexity index is 661. The highest BCUT2D eigenvalue weighted by Crippen LogP contribution is 2.38. The van der Waals surface area contributed by atoms with Crippen molar-refractivity contribution in [1.82, 2.24) is 15.5 Å². The van der Waals surface area contributed by atoms with E-state index in [-0.39, 0.29) is 24.3 Å². The van der Waals surface area contributed by atoms with Gasteiger partial charge in [0.15, 0.2) is 0 Å². The Hall–Kier alpha value is -2.37. The molecule has 2 aliphatic rings. The number of rotatable bonds is 5. The molecule has 0 unspecified atom stereocenters. The van der Waals surface area contributed by atoms with E-state index in [1.807, 2.05) is 37.3 Å². The minimum atomic E-state index is -0.806. The van der Waals surface area contributed by atoms with Gasteiger partial charge in [0.1, 0.15) is 12.1 Å². The summed E-state index contributed by atoms with van der Waals surface area (Å²) in [5.74, 6) is -0.452. The van der Waals surface area contributed by atoms with Crippen molar-refractivity contribution >= 4 is 17.8 Å². The lowest BCUT2D eigenvalue weighted by Gasteiger charge is -2.36. The summed E-state index contributed by atoms with van der Waals surface area (Å²) in [6.45, 7) is 2.27. The van der Waals surface area contributed by atoms with Crippen molar-refractivity contribution in [2.45, 2.75) is 44.6 Å². The molecule has 2 fully saturated rings. The molecule has 0 radical (unpaired) electrons. The number of hydrogen-bond acceptors (Lipinski definition) is 3. The van der Waals surface area contributed by atoms with Crippen molar-refractivity contribution in [2.75, 3.05) is 13.1 Å². The normalized spacial score (nSPS) is 26.0. The third kappa shape index (κ3) is 3.52. The van der Waals surface area contributed by atoms with Gasteiger partial charge < -0.3 is 10.6 Å². The summed E-state index contributed by atoms with van der Waals surface area (Å²) in [5, 5.41) is 5.65. The molecule has 1 aromatic rings. The molecule has 1 aliphatic carbocycles. The molecule has 2 atom stereocenters. The van der Waals surface area contributed by atoms with E-state index in [0.29, 0.717) is 19.4 Å². The van der Waals surface area contributed by atoms with Crippen molar-refractivity contribution in [1.29, 1.82) is 0 Å². The highest BCUT2D eigenvalue weighted by molar-refractivity contribution is 6.09. The quantitative estimate of drug-likeness (QED) is 0.801. The van der Waals surface area contributed by atoms with Gasteiger partial charge in [-0.3, -0.25) is 14.5 Å². The van der Waals surface area contributed by atoms with Gasteiger partial charge in [0, 0.05) is 6.54 Å². The molecule has 6 heteroatoms. The maximum atomic E-state index is 12.8. The molecule has 4 amide bonds. The molecule has 1 saturated heterocycles. The molecule has 1 aliphatic heterocycles. The number of urea groups is 1. The van der Waals surface area contributed by atoms with Crippen LogP contribution in [0.25, 0.3) is 0 Å². The predicted molar refractivity (Wildman–Crippen MR) is 93.8 cm³/mol. The van der Waals surface area contributed by atoms with Crippen molar-refractivity contribution in [3.8, 4) is 0 Å². The van der Waals surface area contributed by atoms with Gasteiger partial charge in [-0.15, -0.1) is 0 Å². The fourth-order valence-electron chi connectivity index (χ4n) is 3.83. The average molecular weight is 343 g/mol. The molecular weight excluding hydrogens is 318 g/mol. The first kappa shape index (κ1) is 17.5.